The highest BCUT2D eigenvalue weighted by Gasteiger charge is 2.71. The molecule has 2 atom stereocenters. The Morgan fingerprint density at radius 3 is 2.40 bits per heavy atom. The topological polar surface area (TPSA) is 49.8 Å². The maximum absolute atomic E-state index is 11.1. The van der Waals surface area contributed by atoms with Gasteiger partial charge in [0.25, 0.3) is 0 Å². The van der Waals surface area contributed by atoms with Crippen molar-refractivity contribution in [2.24, 2.45) is 0 Å². The van der Waals surface area contributed by atoms with E-state index in [2.05, 4.69) is 0 Å². The molecule has 15 heavy (non-hydrogen) atoms. The third kappa shape index (κ3) is 1.20. The van der Waals surface area contributed by atoms with E-state index in [1.165, 1.54) is 0 Å². The van der Waals surface area contributed by atoms with Gasteiger partial charge in [0, 0.05) is 0 Å². The number of epoxide rings is 1. The van der Waals surface area contributed by atoms with Crippen LogP contribution in [-0.4, -0.2) is 16.7 Å². The lowest BCUT2D eigenvalue weighted by molar-refractivity contribution is -0.142. The highest BCUT2D eigenvalue weighted by Crippen LogP contribution is 2.57. The van der Waals surface area contributed by atoms with Gasteiger partial charge >= 0.3 is 5.97 Å². The first-order valence-corrected chi connectivity index (χ1v) is 5.06. The van der Waals surface area contributed by atoms with Crippen molar-refractivity contribution < 1.29 is 14.6 Å². The minimum absolute atomic E-state index is 0.639. The Balaban J connectivity index is 2.40. The Hall–Kier alpha value is -1.35. The van der Waals surface area contributed by atoms with Gasteiger partial charge in [-0.25, -0.2) is 4.79 Å². The van der Waals surface area contributed by atoms with E-state index in [1.807, 2.05) is 37.3 Å². The Kier molecular flexibility index (Phi) is 2.08. The molecule has 1 aromatic rings. The first kappa shape index (κ1) is 10.2. The molecule has 0 aliphatic carbocycles. The lowest BCUT2D eigenvalue weighted by atomic mass is 9.85. The second-order valence-electron chi connectivity index (χ2n) is 3.99. The number of carboxylic acids is 1. The zero-order chi connectivity index (χ0) is 11.1. The molecule has 1 aliphatic rings. The summed E-state index contributed by atoms with van der Waals surface area (Å²) in [7, 11) is 0. The van der Waals surface area contributed by atoms with Gasteiger partial charge in [-0.15, -0.1) is 0 Å². The largest absolute Gasteiger partial charge is 0.479 e. The van der Waals surface area contributed by atoms with Gasteiger partial charge in [-0.3, -0.25) is 0 Å². The molecular formula is C12H14O3. The second kappa shape index (κ2) is 3.07. The van der Waals surface area contributed by atoms with Crippen LogP contribution < -0.4 is 0 Å². The summed E-state index contributed by atoms with van der Waals surface area (Å²) in [5, 5.41) is 9.12. The van der Waals surface area contributed by atoms with Gasteiger partial charge in [0.2, 0.25) is 0 Å². The van der Waals surface area contributed by atoms with Crippen LogP contribution in [-0.2, 0) is 15.1 Å². The van der Waals surface area contributed by atoms with E-state index in [0.29, 0.717) is 6.42 Å². The minimum Gasteiger partial charge on any atom is -0.479 e. The number of ether oxygens (including phenoxy) is 1. The third-order valence-corrected chi connectivity index (χ3v) is 3.25. The molecule has 80 valence electrons. The predicted octanol–water partition coefficient (Wildman–Crippen LogP) is 2.17. The molecule has 2 rings (SSSR count). The van der Waals surface area contributed by atoms with Crippen LogP contribution in [0.25, 0.3) is 0 Å². The summed E-state index contributed by atoms with van der Waals surface area (Å²) < 4.78 is 5.49. The molecule has 0 bridgehead atoms. The number of hydrogen-bond acceptors (Lipinski definition) is 2. The molecule has 1 heterocycles. The first-order chi connectivity index (χ1) is 7.07. The molecule has 0 saturated carbocycles. The summed E-state index contributed by atoms with van der Waals surface area (Å²) in [6.07, 6.45) is 0.666. The molecule has 1 aliphatic heterocycles. The molecule has 0 amide bonds. The number of carboxylic acid groups (broad SMARTS) is 1. The van der Waals surface area contributed by atoms with Crippen LogP contribution in [0.1, 0.15) is 25.8 Å². The van der Waals surface area contributed by atoms with Crippen LogP contribution in [0.3, 0.4) is 0 Å². The molecule has 0 aromatic heterocycles. The average molecular weight is 206 g/mol. The maximum Gasteiger partial charge on any atom is 0.339 e. The Morgan fingerprint density at radius 2 is 2.00 bits per heavy atom. The number of aliphatic carboxylic acids is 1. The van der Waals surface area contributed by atoms with E-state index in [1.54, 1.807) is 6.92 Å². The van der Waals surface area contributed by atoms with Crippen molar-refractivity contribution in [1.82, 2.24) is 0 Å². The summed E-state index contributed by atoms with van der Waals surface area (Å²) in [6, 6.07) is 9.54. The zero-order valence-electron chi connectivity index (χ0n) is 8.86. The fourth-order valence-corrected chi connectivity index (χ4v) is 2.19. The van der Waals surface area contributed by atoms with Crippen LogP contribution >= 0.6 is 0 Å². The van der Waals surface area contributed by atoms with Gasteiger partial charge in [-0.2, -0.15) is 0 Å². The Bertz CT molecular complexity index is 387. The summed E-state index contributed by atoms with van der Waals surface area (Å²) >= 11 is 0. The van der Waals surface area contributed by atoms with Crippen LogP contribution in [0.2, 0.25) is 0 Å². The minimum atomic E-state index is -1.07. The molecule has 3 nitrogen and oxygen atoms in total. The van der Waals surface area contributed by atoms with E-state index in [0.717, 1.165) is 5.56 Å². The maximum atomic E-state index is 11.1. The number of benzene rings is 1. The quantitative estimate of drug-likeness (QED) is 0.771. The Labute approximate surface area is 88.7 Å². The van der Waals surface area contributed by atoms with Crippen molar-refractivity contribution in [3.8, 4) is 0 Å². The smallest absolute Gasteiger partial charge is 0.339 e. The zero-order valence-corrected chi connectivity index (χ0v) is 8.86. The van der Waals surface area contributed by atoms with Gasteiger partial charge in [0.1, 0.15) is 5.60 Å². The van der Waals surface area contributed by atoms with Crippen LogP contribution in [0.5, 0.6) is 0 Å². The van der Waals surface area contributed by atoms with Crippen LogP contribution in [0.4, 0.5) is 0 Å². The number of carbonyl (C=O) groups is 1. The first-order valence-electron chi connectivity index (χ1n) is 5.06. The highest BCUT2D eigenvalue weighted by molar-refractivity contribution is 5.83. The van der Waals surface area contributed by atoms with E-state index in [4.69, 9.17) is 9.84 Å². The van der Waals surface area contributed by atoms with E-state index >= 15 is 0 Å². The summed E-state index contributed by atoms with van der Waals surface area (Å²) in [4.78, 5) is 11.1. The van der Waals surface area contributed by atoms with E-state index in [9.17, 15) is 4.79 Å². The summed E-state index contributed by atoms with van der Waals surface area (Å²) in [6.45, 7) is 3.58. The molecule has 1 saturated heterocycles. The highest BCUT2D eigenvalue weighted by atomic mass is 16.6. The molecule has 1 aromatic carbocycles. The van der Waals surface area contributed by atoms with Gasteiger partial charge in [0.15, 0.2) is 5.60 Å². The fraction of sp³-hybridized carbons (Fsp3) is 0.417. The predicted molar refractivity (Wildman–Crippen MR) is 55.5 cm³/mol. The van der Waals surface area contributed by atoms with Crippen molar-refractivity contribution in [1.29, 1.82) is 0 Å². The number of rotatable bonds is 3. The SMILES string of the molecule is CCC1(c2ccccc2)OC1(C)C(=O)O. The Morgan fingerprint density at radius 1 is 1.40 bits per heavy atom. The standard InChI is InChI=1S/C12H14O3/c1-3-12(9-7-5-4-6-8-9)11(2,15-12)10(13)14/h4-8H,3H2,1-2H3,(H,13,14). The third-order valence-electron chi connectivity index (χ3n) is 3.25. The van der Waals surface area contributed by atoms with Crippen molar-refractivity contribution >= 4 is 5.97 Å². The van der Waals surface area contributed by atoms with Crippen LogP contribution in [0, 0.1) is 0 Å². The van der Waals surface area contributed by atoms with Gasteiger partial charge in [-0.1, -0.05) is 37.3 Å². The molecule has 2 unspecified atom stereocenters. The molecule has 1 N–H and O–H groups in total. The van der Waals surface area contributed by atoms with E-state index in [-0.39, 0.29) is 0 Å². The normalized spacial score (nSPS) is 33.7. The molecule has 0 spiro atoms. The lowest BCUT2D eigenvalue weighted by Crippen LogP contribution is -2.29. The monoisotopic (exact) mass is 206 g/mol. The van der Waals surface area contributed by atoms with Gasteiger partial charge in [0.05, 0.1) is 0 Å². The van der Waals surface area contributed by atoms with Gasteiger partial charge < -0.3 is 9.84 Å². The van der Waals surface area contributed by atoms with Crippen molar-refractivity contribution in [3.05, 3.63) is 35.9 Å². The molecule has 3 heteroatoms. The van der Waals surface area contributed by atoms with E-state index < -0.39 is 17.2 Å². The summed E-state index contributed by atoms with van der Waals surface area (Å²) in [5.41, 5.74) is -0.763. The lowest BCUT2D eigenvalue weighted by Gasteiger charge is -2.12. The summed E-state index contributed by atoms with van der Waals surface area (Å²) in [5.74, 6) is -0.895. The number of hydrogen-bond donors (Lipinski definition) is 1. The average Bonchev–Trinajstić information content (AvgIpc) is 2.89. The molecule has 0 radical (unpaired) electrons. The van der Waals surface area contributed by atoms with Gasteiger partial charge in [-0.05, 0) is 18.9 Å². The van der Waals surface area contributed by atoms with Crippen LogP contribution in [0.15, 0.2) is 30.3 Å². The fourth-order valence-electron chi connectivity index (χ4n) is 2.19. The molecular weight excluding hydrogens is 192 g/mol. The van der Waals surface area contributed by atoms with Crippen molar-refractivity contribution in [2.75, 3.05) is 0 Å². The van der Waals surface area contributed by atoms with Crippen molar-refractivity contribution in [2.45, 2.75) is 31.5 Å². The second-order valence-corrected chi connectivity index (χ2v) is 3.99. The molecule has 1 fully saturated rings. The van der Waals surface area contributed by atoms with Crippen molar-refractivity contribution in [3.63, 3.8) is 0 Å².